The molecule has 3 rings (SSSR count). The number of anilines is 1. The molecule has 0 amide bonds. The Kier molecular flexibility index (Phi) is 2.82. The van der Waals surface area contributed by atoms with Crippen LogP contribution < -0.4 is 5.32 Å². The van der Waals surface area contributed by atoms with Gasteiger partial charge >= 0.3 is 0 Å². The lowest BCUT2D eigenvalue weighted by atomic mass is 10.2. The van der Waals surface area contributed by atoms with E-state index in [1.165, 1.54) is 0 Å². The summed E-state index contributed by atoms with van der Waals surface area (Å²) < 4.78 is 5.33. The van der Waals surface area contributed by atoms with E-state index < -0.39 is 0 Å². The Hall–Kier alpha value is -1.39. The Balaban J connectivity index is 2.01. The number of benzene rings is 1. The molecule has 0 saturated carbocycles. The van der Waals surface area contributed by atoms with Crippen molar-refractivity contribution in [3.8, 4) is 0 Å². The minimum Gasteiger partial charge on any atom is -0.379 e. The maximum absolute atomic E-state index is 5.92. The topological polar surface area (TPSA) is 47.0 Å². The molecule has 1 unspecified atom stereocenters. The Bertz CT molecular complexity index is 540. The SMILES string of the molecule is Clc1nc(NC2CCOC2)c2ccccc2n1. The fourth-order valence-electron chi connectivity index (χ4n) is 2.00. The van der Waals surface area contributed by atoms with Gasteiger partial charge in [0, 0.05) is 12.0 Å². The van der Waals surface area contributed by atoms with Crippen molar-refractivity contribution in [3.63, 3.8) is 0 Å². The van der Waals surface area contributed by atoms with E-state index in [0.717, 1.165) is 36.4 Å². The van der Waals surface area contributed by atoms with Crippen molar-refractivity contribution in [2.45, 2.75) is 12.5 Å². The molecule has 0 spiro atoms. The van der Waals surface area contributed by atoms with Crippen molar-refractivity contribution in [2.75, 3.05) is 18.5 Å². The average Bonchev–Trinajstić information content (AvgIpc) is 2.81. The third kappa shape index (κ3) is 2.18. The Morgan fingerprint density at radius 1 is 1.29 bits per heavy atom. The summed E-state index contributed by atoms with van der Waals surface area (Å²) in [6.45, 7) is 1.52. The van der Waals surface area contributed by atoms with Crippen molar-refractivity contribution < 1.29 is 4.74 Å². The van der Waals surface area contributed by atoms with Crippen LogP contribution in [0.4, 0.5) is 5.82 Å². The maximum Gasteiger partial charge on any atom is 0.224 e. The molecule has 17 heavy (non-hydrogen) atoms. The van der Waals surface area contributed by atoms with Gasteiger partial charge in [0.25, 0.3) is 0 Å². The Labute approximate surface area is 104 Å². The molecule has 2 aromatic rings. The van der Waals surface area contributed by atoms with Crippen LogP contribution in [0.2, 0.25) is 5.28 Å². The molecule has 2 heterocycles. The molecule has 0 aliphatic carbocycles. The first kappa shape index (κ1) is 10.7. The summed E-state index contributed by atoms with van der Waals surface area (Å²) >= 11 is 5.92. The highest BCUT2D eigenvalue weighted by Crippen LogP contribution is 2.23. The van der Waals surface area contributed by atoms with E-state index in [1.54, 1.807) is 0 Å². The van der Waals surface area contributed by atoms with Crippen LogP contribution in [0.25, 0.3) is 10.9 Å². The molecule has 1 aliphatic rings. The van der Waals surface area contributed by atoms with Crippen molar-refractivity contribution in [1.82, 2.24) is 9.97 Å². The molecule has 0 bridgehead atoms. The lowest BCUT2D eigenvalue weighted by Gasteiger charge is -2.13. The minimum atomic E-state index is 0.269. The van der Waals surface area contributed by atoms with Crippen LogP contribution in [0.15, 0.2) is 24.3 Å². The van der Waals surface area contributed by atoms with E-state index in [4.69, 9.17) is 16.3 Å². The van der Waals surface area contributed by atoms with Crippen LogP contribution in [0.5, 0.6) is 0 Å². The molecule has 1 aliphatic heterocycles. The predicted octanol–water partition coefficient (Wildman–Crippen LogP) is 2.48. The third-order valence-corrected chi connectivity index (χ3v) is 3.02. The number of aromatic nitrogens is 2. The van der Waals surface area contributed by atoms with E-state index in [9.17, 15) is 0 Å². The van der Waals surface area contributed by atoms with Gasteiger partial charge in [-0.1, -0.05) is 12.1 Å². The van der Waals surface area contributed by atoms with Gasteiger partial charge in [0.2, 0.25) is 5.28 Å². The second-order valence-electron chi connectivity index (χ2n) is 4.06. The molecule has 5 heteroatoms. The van der Waals surface area contributed by atoms with Crippen LogP contribution in [-0.2, 0) is 4.74 Å². The second-order valence-corrected chi connectivity index (χ2v) is 4.40. The van der Waals surface area contributed by atoms with Gasteiger partial charge in [-0.2, -0.15) is 0 Å². The maximum atomic E-state index is 5.92. The van der Waals surface area contributed by atoms with Crippen LogP contribution in [0, 0.1) is 0 Å². The molecule has 0 radical (unpaired) electrons. The van der Waals surface area contributed by atoms with Gasteiger partial charge < -0.3 is 10.1 Å². The smallest absolute Gasteiger partial charge is 0.224 e. The van der Waals surface area contributed by atoms with Crippen LogP contribution in [0.3, 0.4) is 0 Å². The fourth-order valence-corrected chi connectivity index (χ4v) is 2.18. The molecule has 1 N–H and O–H groups in total. The number of rotatable bonds is 2. The van der Waals surface area contributed by atoms with Gasteiger partial charge in [-0.15, -0.1) is 0 Å². The highest BCUT2D eigenvalue weighted by molar-refractivity contribution is 6.28. The largest absolute Gasteiger partial charge is 0.379 e. The standard InChI is InChI=1S/C12H12ClN3O/c13-12-15-10-4-2-1-3-9(10)11(16-12)14-8-5-6-17-7-8/h1-4,8H,5-7H2,(H,14,15,16). The first-order valence-electron chi connectivity index (χ1n) is 5.59. The summed E-state index contributed by atoms with van der Waals surface area (Å²) in [4.78, 5) is 8.45. The zero-order valence-corrected chi connectivity index (χ0v) is 9.94. The molecule has 1 aromatic carbocycles. The highest BCUT2D eigenvalue weighted by atomic mass is 35.5. The van der Waals surface area contributed by atoms with Crippen molar-refractivity contribution in [3.05, 3.63) is 29.5 Å². The van der Waals surface area contributed by atoms with E-state index in [2.05, 4.69) is 15.3 Å². The number of fused-ring (bicyclic) bond motifs is 1. The Morgan fingerprint density at radius 2 is 2.18 bits per heavy atom. The number of nitrogens with one attached hydrogen (secondary N) is 1. The molecule has 1 atom stereocenters. The third-order valence-electron chi connectivity index (χ3n) is 2.85. The van der Waals surface area contributed by atoms with Gasteiger partial charge in [0.15, 0.2) is 0 Å². The van der Waals surface area contributed by atoms with E-state index >= 15 is 0 Å². The summed E-state index contributed by atoms with van der Waals surface area (Å²) in [5, 5.41) is 4.62. The number of ether oxygens (including phenoxy) is 1. The summed E-state index contributed by atoms with van der Waals surface area (Å²) in [7, 11) is 0. The molecule has 1 fully saturated rings. The summed E-state index contributed by atoms with van der Waals surface area (Å²) in [5.74, 6) is 0.788. The number of nitrogens with zero attached hydrogens (tertiary/aromatic N) is 2. The van der Waals surface area contributed by atoms with Crippen LogP contribution in [0.1, 0.15) is 6.42 Å². The molecular formula is C12H12ClN3O. The summed E-state index contributed by atoms with van der Waals surface area (Å²) in [6, 6.07) is 8.14. The van der Waals surface area contributed by atoms with E-state index in [-0.39, 0.29) is 5.28 Å². The first-order chi connectivity index (χ1) is 8.33. The first-order valence-corrected chi connectivity index (χ1v) is 5.97. The van der Waals surface area contributed by atoms with Gasteiger partial charge in [-0.25, -0.2) is 9.97 Å². The molecule has 1 saturated heterocycles. The zero-order valence-electron chi connectivity index (χ0n) is 9.19. The normalized spacial score (nSPS) is 19.7. The summed E-state index contributed by atoms with van der Waals surface area (Å²) in [6.07, 6.45) is 0.996. The molecular weight excluding hydrogens is 238 g/mol. The molecule has 4 nitrogen and oxygen atoms in total. The number of para-hydroxylation sites is 1. The van der Waals surface area contributed by atoms with Crippen molar-refractivity contribution in [1.29, 1.82) is 0 Å². The van der Waals surface area contributed by atoms with E-state index in [0.29, 0.717) is 6.04 Å². The number of hydrogen-bond acceptors (Lipinski definition) is 4. The van der Waals surface area contributed by atoms with Gasteiger partial charge in [-0.3, -0.25) is 0 Å². The summed E-state index contributed by atoms with van der Waals surface area (Å²) in [5.41, 5.74) is 0.855. The number of halogens is 1. The van der Waals surface area contributed by atoms with E-state index in [1.807, 2.05) is 24.3 Å². The van der Waals surface area contributed by atoms with Gasteiger partial charge in [0.05, 0.1) is 18.2 Å². The van der Waals surface area contributed by atoms with Crippen molar-refractivity contribution >= 4 is 28.3 Å². The monoisotopic (exact) mass is 249 g/mol. The average molecular weight is 250 g/mol. The van der Waals surface area contributed by atoms with Gasteiger partial charge in [0.1, 0.15) is 5.82 Å². The fraction of sp³-hybridized carbons (Fsp3) is 0.333. The van der Waals surface area contributed by atoms with Gasteiger partial charge in [-0.05, 0) is 30.2 Å². The predicted molar refractivity (Wildman–Crippen MR) is 67.4 cm³/mol. The van der Waals surface area contributed by atoms with Crippen LogP contribution in [-0.4, -0.2) is 29.2 Å². The van der Waals surface area contributed by atoms with Crippen LogP contribution >= 0.6 is 11.6 Å². The number of hydrogen-bond donors (Lipinski definition) is 1. The zero-order chi connectivity index (χ0) is 11.7. The second kappa shape index (κ2) is 4.47. The van der Waals surface area contributed by atoms with Crippen molar-refractivity contribution in [2.24, 2.45) is 0 Å². The lowest BCUT2D eigenvalue weighted by molar-refractivity contribution is 0.195. The lowest BCUT2D eigenvalue weighted by Crippen LogP contribution is -2.20. The quantitative estimate of drug-likeness (QED) is 0.831. The minimum absolute atomic E-state index is 0.269. The highest BCUT2D eigenvalue weighted by Gasteiger charge is 2.17. The Morgan fingerprint density at radius 3 is 3.00 bits per heavy atom. The molecule has 1 aromatic heterocycles. The molecule has 88 valence electrons.